The molecule has 2 heterocycles. The van der Waals surface area contributed by atoms with Gasteiger partial charge in [-0.2, -0.15) is 0 Å². The highest BCUT2D eigenvalue weighted by molar-refractivity contribution is 5.94. The average Bonchev–Trinajstić information content (AvgIpc) is 2.67. The van der Waals surface area contributed by atoms with E-state index in [9.17, 15) is 0 Å². The van der Waals surface area contributed by atoms with E-state index in [1.54, 1.807) is 6.20 Å². The van der Waals surface area contributed by atoms with Crippen molar-refractivity contribution in [3.8, 4) is 11.1 Å². The van der Waals surface area contributed by atoms with Gasteiger partial charge in [0, 0.05) is 17.8 Å². The number of anilines is 1. The zero-order valence-corrected chi connectivity index (χ0v) is 13.1. The molecule has 0 aliphatic rings. The van der Waals surface area contributed by atoms with Crippen LogP contribution in [0.1, 0.15) is 5.69 Å². The maximum Gasteiger partial charge on any atom is 0.223 e. The predicted octanol–water partition coefficient (Wildman–Crippen LogP) is 4.30. The minimum Gasteiger partial charge on any atom is -0.349 e. The van der Waals surface area contributed by atoms with Crippen LogP contribution in [-0.4, -0.2) is 15.0 Å². The summed E-state index contributed by atoms with van der Waals surface area (Å²) in [7, 11) is 0. The number of hydrogen-bond donors (Lipinski definition) is 1. The molecule has 0 radical (unpaired) electrons. The molecule has 0 aliphatic carbocycles. The van der Waals surface area contributed by atoms with Crippen molar-refractivity contribution in [2.75, 3.05) is 5.32 Å². The molecule has 4 aromatic rings. The lowest BCUT2D eigenvalue weighted by atomic mass is 10.0. The second kappa shape index (κ2) is 6.46. The van der Waals surface area contributed by atoms with E-state index in [4.69, 9.17) is 0 Å². The van der Waals surface area contributed by atoms with E-state index < -0.39 is 0 Å². The van der Waals surface area contributed by atoms with E-state index in [2.05, 4.69) is 38.5 Å². The summed E-state index contributed by atoms with van der Waals surface area (Å²) in [4.78, 5) is 13.4. The molecule has 0 atom stereocenters. The smallest absolute Gasteiger partial charge is 0.223 e. The zero-order chi connectivity index (χ0) is 16.2. The Hall–Kier alpha value is -3.27. The molecule has 0 bridgehead atoms. The third-order valence-electron chi connectivity index (χ3n) is 3.86. The van der Waals surface area contributed by atoms with Crippen LogP contribution in [0, 0.1) is 0 Å². The van der Waals surface area contributed by atoms with E-state index in [0.29, 0.717) is 12.5 Å². The van der Waals surface area contributed by atoms with Crippen molar-refractivity contribution in [2.45, 2.75) is 6.54 Å². The number of pyridine rings is 1. The molecule has 0 fully saturated rings. The summed E-state index contributed by atoms with van der Waals surface area (Å²) in [5.41, 5.74) is 4.19. The summed E-state index contributed by atoms with van der Waals surface area (Å²) in [6, 6.07) is 22.3. The largest absolute Gasteiger partial charge is 0.349 e. The highest BCUT2D eigenvalue weighted by atomic mass is 15.1. The molecule has 4 heteroatoms. The van der Waals surface area contributed by atoms with Gasteiger partial charge in [-0.1, -0.05) is 48.5 Å². The maximum absolute atomic E-state index is 4.63. The van der Waals surface area contributed by atoms with Crippen molar-refractivity contribution >= 4 is 16.9 Å². The Morgan fingerprint density at radius 2 is 1.67 bits per heavy atom. The third kappa shape index (κ3) is 2.94. The van der Waals surface area contributed by atoms with Crippen LogP contribution in [0.15, 0.2) is 79.1 Å². The summed E-state index contributed by atoms with van der Waals surface area (Å²) in [5, 5.41) is 4.28. The Morgan fingerprint density at radius 1 is 0.792 bits per heavy atom. The van der Waals surface area contributed by atoms with Crippen LogP contribution >= 0.6 is 0 Å². The number of nitrogens with one attached hydrogen (secondary N) is 1. The van der Waals surface area contributed by atoms with Crippen LogP contribution in [0.5, 0.6) is 0 Å². The van der Waals surface area contributed by atoms with Crippen molar-refractivity contribution in [1.82, 2.24) is 15.0 Å². The van der Waals surface area contributed by atoms with Gasteiger partial charge in [-0.05, 0) is 29.3 Å². The molecule has 0 saturated heterocycles. The molecule has 2 aromatic carbocycles. The number of hydrogen-bond acceptors (Lipinski definition) is 4. The summed E-state index contributed by atoms with van der Waals surface area (Å²) in [5.74, 6) is 0.610. The normalized spacial score (nSPS) is 10.7. The van der Waals surface area contributed by atoms with Crippen molar-refractivity contribution in [2.24, 2.45) is 0 Å². The second-order valence-corrected chi connectivity index (χ2v) is 5.47. The van der Waals surface area contributed by atoms with E-state index in [-0.39, 0.29) is 0 Å². The van der Waals surface area contributed by atoms with Gasteiger partial charge in [-0.15, -0.1) is 0 Å². The number of nitrogens with zero attached hydrogens (tertiary/aromatic N) is 3. The van der Waals surface area contributed by atoms with Gasteiger partial charge in [0.2, 0.25) is 5.95 Å². The maximum atomic E-state index is 4.63. The van der Waals surface area contributed by atoms with Gasteiger partial charge in [-0.3, -0.25) is 4.98 Å². The highest BCUT2D eigenvalue weighted by Gasteiger charge is 2.06. The molecule has 0 saturated carbocycles. The third-order valence-corrected chi connectivity index (χ3v) is 3.86. The topological polar surface area (TPSA) is 50.7 Å². The van der Waals surface area contributed by atoms with E-state index >= 15 is 0 Å². The van der Waals surface area contributed by atoms with Gasteiger partial charge in [0.15, 0.2) is 0 Å². The molecule has 0 unspecified atom stereocenters. The minimum atomic E-state index is 0.602. The van der Waals surface area contributed by atoms with Crippen LogP contribution in [0.2, 0.25) is 0 Å². The SMILES string of the molecule is c1ccc(-c2cccc3nc(NCc4ccccn4)ncc23)cc1. The molecular weight excluding hydrogens is 296 g/mol. The monoisotopic (exact) mass is 312 g/mol. The molecule has 116 valence electrons. The van der Waals surface area contributed by atoms with Gasteiger partial charge in [0.05, 0.1) is 17.8 Å². The van der Waals surface area contributed by atoms with Crippen LogP contribution < -0.4 is 5.32 Å². The molecule has 0 spiro atoms. The standard InChI is InChI=1S/C20H16N4/c1-2-7-15(8-3-1)17-10-6-11-19-18(17)14-23-20(24-19)22-13-16-9-4-5-12-21-16/h1-12,14H,13H2,(H,22,23,24). The van der Waals surface area contributed by atoms with E-state index in [1.165, 1.54) is 5.56 Å². The van der Waals surface area contributed by atoms with Crippen LogP contribution in [0.3, 0.4) is 0 Å². The van der Waals surface area contributed by atoms with Gasteiger partial charge in [0.25, 0.3) is 0 Å². The Morgan fingerprint density at radius 3 is 2.50 bits per heavy atom. The van der Waals surface area contributed by atoms with E-state index in [0.717, 1.165) is 22.2 Å². The lowest BCUT2D eigenvalue weighted by Gasteiger charge is -2.08. The lowest BCUT2D eigenvalue weighted by Crippen LogP contribution is -2.04. The molecule has 4 rings (SSSR count). The first kappa shape index (κ1) is 14.3. The fraction of sp³-hybridized carbons (Fsp3) is 0.0500. The first-order valence-corrected chi connectivity index (χ1v) is 7.85. The lowest BCUT2D eigenvalue weighted by molar-refractivity contribution is 1.01. The Balaban J connectivity index is 1.65. The van der Waals surface area contributed by atoms with Gasteiger partial charge < -0.3 is 5.32 Å². The summed E-state index contributed by atoms with van der Waals surface area (Å²) in [6.45, 7) is 0.602. The molecular formula is C20H16N4. The summed E-state index contributed by atoms with van der Waals surface area (Å²) >= 11 is 0. The van der Waals surface area contributed by atoms with Crippen molar-refractivity contribution in [1.29, 1.82) is 0 Å². The van der Waals surface area contributed by atoms with E-state index in [1.807, 2.05) is 54.7 Å². The highest BCUT2D eigenvalue weighted by Crippen LogP contribution is 2.27. The fourth-order valence-corrected chi connectivity index (χ4v) is 2.68. The Labute approximate surface area is 140 Å². The quantitative estimate of drug-likeness (QED) is 0.610. The number of benzene rings is 2. The Bertz CT molecular complexity index is 953. The number of fused-ring (bicyclic) bond motifs is 1. The molecule has 0 amide bonds. The first-order valence-electron chi connectivity index (χ1n) is 7.85. The first-order chi connectivity index (χ1) is 11.9. The summed E-state index contributed by atoms with van der Waals surface area (Å²) < 4.78 is 0. The molecule has 0 aliphatic heterocycles. The molecule has 2 aromatic heterocycles. The van der Waals surface area contributed by atoms with Crippen LogP contribution in [0.25, 0.3) is 22.0 Å². The molecule has 1 N–H and O–H groups in total. The van der Waals surface area contributed by atoms with Crippen LogP contribution in [0.4, 0.5) is 5.95 Å². The van der Waals surface area contributed by atoms with Crippen LogP contribution in [-0.2, 0) is 6.54 Å². The average molecular weight is 312 g/mol. The predicted molar refractivity (Wildman–Crippen MR) is 96.5 cm³/mol. The Kier molecular flexibility index (Phi) is 3.86. The fourth-order valence-electron chi connectivity index (χ4n) is 2.68. The summed E-state index contributed by atoms with van der Waals surface area (Å²) in [6.07, 6.45) is 3.66. The second-order valence-electron chi connectivity index (χ2n) is 5.47. The van der Waals surface area contributed by atoms with Crippen molar-refractivity contribution in [3.05, 3.63) is 84.8 Å². The number of aromatic nitrogens is 3. The van der Waals surface area contributed by atoms with Gasteiger partial charge >= 0.3 is 0 Å². The molecule has 4 nitrogen and oxygen atoms in total. The van der Waals surface area contributed by atoms with Gasteiger partial charge in [0.1, 0.15) is 0 Å². The van der Waals surface area contributed by atoms with Crippen molar-refractivity contribution in [3.63, 3.8) is 0 Å². The van der Waals surface area contributed by atoms with Gasteiger partial charge in [-0.25, -0.2) is 9.97 Å². The minimum absolute atomic E-state index is 0.602. The number of rotatable bonds is 4. The zero-order valence-electron chi connectivity index (χ0n) is 13.1. The molecule has 24 heavy (non-hydrogen) atoms. The van der Waals surface area contributed by atoms with Crippen molar-refractivity contribution < 1.29 is 0 Å².